The molecule has 2 rings (SSSR count). The van der Waals surface area contributed by atoms with E-state index in [-0.39, 0.29) is 16.8 Å². The van der Waals surface area contributed by atoms with E-state index in [2.05, 4.69) is 15.0 Å². The number of alkyl halides is 6. The topological polar surface area (TPSA) is 64.7 Å². The third-order valence-electron chi connectivity index (χ3n) is 2.72. The van der Waals surface area contributed by atoms with Gasteiger partial charge in [0.25, 0.3) is 0 Å². The van der Waals surface area contributed by atoms with Crippen molar-refractivity contribution >= 4 is 0 Å². The van der Waals surface area contributed by atoms with E-state index in [0.29, 0.717) is 6.20 Å². The molecule has 2 heterocycles. The quantitative estimate of drug-likeness (QED) is 0.863. The predicted molar refractivity (Wildman–Crippen MR) is 63.2 cm³/mol. The molecule has 118 valence electrons. The van der Waals surface area contributed by atoms with Crippen molar-refractivity contribution in [1.29, 1.82) is 0 Å². The molecular weight excluding hydrogens is 314 g/mol. The Hall–Kier alpha value is -2.23. The first-order valence-corrected chi connectivity index (χ1v) is 5.78. The highest BCUT2D eigenvalue weighted by molar-refractivity contribution is 5.58. The molecule has 0 saturated carbocycles. The predicted octanol–water partition coefficient (Wildman–Crippen LogP) is 3.03. The van der Waals surface area contributed by atoms with Crippen LogP contribution in [-0.4, -0.2) is 15.0 Å². The highest BCUT2D eigenvalue weighted by atomic mass is 19.4. The average molecular weight is 322 g/mol. The van der Waals surface area contributed by atoms with Crippen molar-refractivity contribution in [2.75, 3.05) is 0 Å². The lowest BCUT2D eigenvalue weighted by Gasteiger charge is -2.12. The van der Waals surface area contributed by atoms with Gasteiger partial charge in [0.05, 0.1) is 11.3 Å². The fourth-order valence-electron chi connectivity index (χ4n) is 1.69. The Balaban J connectivity index is 2.42. The Kier molecular flexibility index (Phi) is 4.05. The van der Waals surface area contributed by atoms with Crippen molar-refractivity contribution in [3.05, 3.63) is 41.6 Å². The number of nitrogens with zero attached hydrogens (tertiary/aromatic N) is 3. The third-order valence-corrected chi connectivity index (χ3v) is 2.72. The van der Waals surface area contributed by atoms with Gasteiger partial charge in [-0.05, 0) is 11.6 Å². The maximum atomic E-state index is 12.7. The zero-order valence-corrected chi connectivity index (χ0v) is 10.7. The van der Waals surface area contributed by atoms with Crippen molar-refractivity contribution < 1.29 is 26.3 Å². The normalized spacial score (nSPS) is 12.5. The Morgan fingerprint density at radius 3 is 1.91 bits per heavy atom. The molecule has 2 aromatic rings. The molecule has 0 saturated heterocycles. The van der Waals surface area contributed by atoms with Crippen molar-refractivity contribution in [2.45, 2.75) is 18.9 Å². The molecule has 0 fully saturated rings. The minimum Gasteiger partial charge on any atom is -0.326 e. The number of hydrogen-bond acceptors (Lipinski definition) is 4. The van der Waals surface area contributed by atoms with Crippen LogP contribution in [0.25, 0.3) is 11.3 Å². The van der Waals surface area contributed by atoms with Gasteiger partial charge in [0, 0.05) is 30.7 Å². The fraction of sp³-hybridized carbons (Fsp3) is 0.250. The standard InChI is InChI=1S/C12H8F6N4/c13-11(14,15)8-5-20-9(1-6(8)2-19)7-3-21-10(22-4-7)12(16,17)18/h1,3-5H,2,19H2. The molecule has 0 unspecified atom stereocenters. The first-order valence-electron chi connectivity index (χ1n) is 5.78. The molecule has 0 aliphatic heterocycles. The number of pyridine rings is 1. The van der Waals surface area contributed by atoms with Gasteiger partial charge in [-0.3, -0.25) is 4.98 Å². The van der Waals surface area contributed by atoms with Crippen LogP contribution < -0.4 is 5.73 Å². The second kappa shape index (κ2) is 5.52. The van der Waals surface area contributed by atoms with Crippen LogP contribution in [0, 0.1) is 0 Å². The summed E-state index contributed by atoms with van der Waals surface area (Å²) in [5.41, 5.74) is 4.10. The summed E-state index contributed by atoms with van der Waals surface area (Å²) in [6.45, 7) is -0.397. The minimum absolute atomic E-state index is 0.00201. The number of rotatable bonds is 2. The van der Waals surface area contributed by atoms with Crippen LogP contribution in [0.4, 0.5) is 26.3 Å². The van der Waals surface area contributed by atoms with Gasteiger partial charge >= 0.3 is 12.4 Å². The monoisotopic (exact) mass is 322 g/mol. The van der Waals surface area contributed by atoms with Gasteiger partial charge in [0.1, 0.15) is 0 Å². The molecule has 0 aliphatic rings. The molecule has 0 atom stereocenters. The minimum atomic E-state index is -4.70. The van der Waals surface area contributed by atoms with Crippen molar-refractivity contribution in [3.8, 4) is 11.3 Å². The van der Waals surface area contributed by atoms with Gasteiger partial charge < -0.3 is 5.73 Å². The summed E-state index contributed by atoms with van der Waals surface area (Å²) in [7, 11) is 0. The summed E-state index contributed by atoms with van der Waals surface area (Å²) in [5.74, 6) is -1.35. The van der Waals surface area contributed by atoms with Crippen LogP contribution in [0.3, 0.4) is 0 Å². The maximum absolute atomic E-state index is 12.7. The second-order valence-electron chi connectivity index (χ2n) is 4.22. The molecule has 2 N–H and O–H groups in total. The molecule has 10 heteroatoms. The lowest BCUT2D eigenvalue weighted by Crippen LogP contribution is -2.13. The Labute approximate surface area is 120 Å². The number of halogens is 6. The van der Waals surface area contributed by atoms with Gasteiger partial charge in [-0.1, -0.05) is 0 Å². The Bertz CT molecular complexity index is 663. The van der Waals surface area contributed by atoms with E-state index < -0.39 is 30.3 Å². The molecule has 0 radical (unpaired) electrons. The zero-order valence-electron chi connectivity index (χ0n) is 10.7. The molecule has 22 heavy (non-hydrogen) atoms. The van der Waals surface area contributed by atoms with Crippen LogP contribution in [0.15, 0.2) is 24.7 Å². The largest absolute Gasteiger partial charge is 0.451 e. The van der Waals surface area contributed by atoms with E-state index in [9.17, 15) is 26.3 Å². The maximum Gasteiger partial charge on any atom is 0.451 e. The van der Waals surface area contributed by atoms with E-state index in [1.54, 1.807) is 0 Å². The van der Waals surface area contributed by atoms with Crippen LogP contribution in [0.5, 0.6) is 0 Å². The lowest BCUT2D eigenvalue weighted by atomic mass is 10.1. The van der Waals surface area contributed by atoms with Gasteiger partial charge in [0.15, 0.2) is 0 Å². The van der Waals surface area contributed by atoms with Crippen LogP contribution >= 0.6 is 0 Å². The molecule has 0 aromatic carbocycles. The van der Waals surface area contributed by atoms with Gasteiger partial charge in [0.2, 0.25) is 5.82 Å². The zero-order chi connectivity index (χ0) is 16.5. The lowest BCUT2D eigenvalue weighted by molar-refractivity contribution is -0.145. The summed E-state index contributed by atoms with van der Waals surface area (Å²) in [4.78, 5) is 9.83. The Morgan fingerprint density at radius 2 is 1.45 bits per heavy atom. The molecule has 0 spiro atoms. The van der Waals surface area contributed by atoms with E-state index in [0.717, 1.165) is 18.5 Å². The molecule has 2 aromatic heterocycles. The smallest absolute Gasteiger partial charge is 0.326 e. The van der Waals surface area contributed by atoms with Gasteiger partial charge in [-0.15, -0.1) is 0 Å². The number of aromatic nitrogens is 3. The summed E-state index contributed by atoms with van der Waals surface area (Å²) in [5, 5.41) is 0. The van der Waals surface area contributed by atoms with Crippen LogP contribution in [-0.2, 0) is 18.9 Å². The first-order chi connectivity index (χ1) is 10.1. The van der Waals surface area contributed by atoms with Gasteiger partial charge in [-0.2, -0.15) is 26.3 Å². The molecule has 0 aliphatic carbocycles. The molecule has 0 bridgehead atoms. The SMILES string of the molecule is NCc1cc(-c2cnc(C(F)(F)F)nc2)ncc1C(F)(F)F. The van der Waals surface area contributed by atoms with E-state index in [4.69, 9.17) is 5.73 Å². The van der Waals surface area contributed by atoms with Crippen molar-refractivity contribution in [1.82, 2.24) is 15.0 Å². The summed E-state index contributed by atoms with van der Waals surface area (Å²) in [6, 6.07) is 1.05. The van der Waals surface area contributed by atoms with E-state index >= 15 is 0 Å². The summed E-state index contributed by atoms with van der Waals surface area (Å²) in [6.07, 6.45) is -7.06. The Morgan fingerprint density at radius 1 is 0.864 bits per heavy atom. The number of nitrogens with two attached hydrogens (primary N) is 1. The fourth-order valence-corrected chi connectivity index (χ4v) is 1.69. The van der Waals surface area contributed by atoms with E-state index in [1.807, 2.05) is 0 Å². The van der Waals surface area contributed by atoms with E-state index in [1.165, 1.54) is 0 Å². The van der Waals surface area contributed by atoms with Crippen LogP contribution in [0.2, 0.25) is 0 Å². The van der Waals surface area contributed by atoms with Gasteiger partial charge in [-0.25, -0.2) is 9.97 Å². The molecule has 0 amide bonds. The van der Waals surface area contributed by atoms with Crippen LogP contribution in [0.1, 0.15) is 17.0 Å². The second-order valence-corrected chi connectivity index (χ2v) is 4.22. The molecule has 4 nitrogen and oxygen atoms in total. The molecular formula is C12H8F6N4. The summed E-state index contributed by atoms with van der Waals surface area (Å²) >= 11 is 0. The number of hydrogen-bond donors (Lipinski definition) is 1. The summed E-state index contributed by atoms with van der Waals surface area (Å²) < 4.78 is 75.2. The average Bonchev–Trinajstić information content (AvgIpc) is 2.45. The highest BCUT2D eigenvalue weighted by Crippen LogP contribution is 2.33. The third kappa shape index (κ3) is 3.32. The van der Waals surface area contributed by atoms with Crippen molar-refractivity contribution in [3.63, 3.8) is 0 Å². The highest BCUT2D eigenvalue weighted by Gasteiger charge is 2.35. The first kappa shape index (κ1) is 16.1. The van der Waals surface area contributed by atoms with Crippen molar-refractivity contribution in [2.24, 2.45) is 5.73 Å².